The Hall–Kier alpha value is -3.09. The molecule has 6 atom stereocenters. The van der Waals surface area contributed by atoms with Gasteiger partial charge in [-0.2, -0.15) is 0 Å². The van der Waals surface area contributed by atoms with E-state index in [2.05, 4.69) is 0 Å². The molecule has 0 bridgehead atoms. The normalized spacial score (nSPS) is 29.2. The van der Waals surface area contributed by atoms with Gasteiger partial charge in [-0.15, -0.1) is 0 Å². The summed E-state index contributed by atoms with van der Waals surface area (Å²) in [5.74, 6) is -1.04. The van der Waals surface area contributed by atoms with Crippen LogP contribution in [-0.4, -0.2) is 81.0 Å². The van der Waals surface area contributed by atoms with Gasteiger partial charge in [0.2, 0.25) is 6.29 Å². The second-order valence-corrected chi connectivity index (χ2v) is 7.82. The number of aliphatic hydroxyl groups excluding tert-OH is 4. The van der Waals surface area contributed by atoms with Crippen molar-refractivity contribution in [1.82, 2.24) is 0 Å². The van der Waals surface area contributed by atoms with E-state index in [-0.39, 0.29) is 29.2 Å². The van der Waals surface area contributed by atoms with Crippen LogP contribution in [-0.2, 0) is 15.9 Å². The maximum absolute atomic E-state index is 12.5. The maximum Gasteiger partial charge on any atom is 0.342 e. The van der Waals surface area contributed by atoms with Gasteiger partial charge >= 0.3 is 5.97 Å². The van der Waals surface area contributed by atoms with Crippen LogP contribution in [0.3, 0.4) is 0 Å². The minimum Gasteiger partial charge on any atom is -0.507 e. The Bertz CT molecular complexity index is 1040. The van der Waals surface area contributed by atoms with E-state index < -0.39 is 55.1 Å². The molecule has 6 N–H and O–H groups in total. The Balaban J connectivity index is 1.60. The lowest BCUT2D eigenvalue weighted by Crippen LogP contribution is -2.60. The maximum atomic E-state index is 12.5. The summed E-state index contributed by atoms with van der Waals surface area (Å²) in [5.41, 5.74) is 0.836. The molecule has 0 amide bonds. The number of phenolic OH excluding ortho intramolecular Hbond substituents is 2. The van der Waals surface area contributed by atoms with Crippen LogP contribution in [0.15, 0.2) is 30.3 Å². The molecule has 0 spiro atoms. The van der Waals surface area contributed by atoms with Crippen LogP contribution in [0.5, 0.6) is 23.0 Å². The molecule has 0 saturated carbocycles. The number of ether oxygens (including phenoxy) is 4. The Morgan fingerprint density at radius 2 is 1.79 bits per heavy atom. The van der Waals surface area contributed by atoms with Crippen LogP contribution in [0, 0.1) is 0 Å². The first kappa shape index (κ1) is 23.1. The smallest absolute Gasteiger partial charge is 0.342 e. The van der Waals surface area contributed by atoms with E-state index >= 15 is 0 Å². The summed E-state index contributed by atoms with van der Waals surface area (Å²) in [6.07, 6.45) is -8.05. The van der Waals surface area contributed by atoms with Gasteiger partial charge in [0.15, 0.2) is 11.5 Å². The summed E-state index contributed by atoms with van der Waals surface area (Å²) in [6, 6.07) is 7.16. The van der Waals surface area contributed by atoms with E-state index in [0.29, 0.717) is 11.1 Å². The average Bonchev–Trinajstić information content (AvgIpc) is 2.78. The van der Waals surface area contributed by atoms with Gasteiger partial charge in [0.1, 0.15) is 47.6 Å². The number of cyclic esters (lactones) is 1. The number of phenols is 2. The predicted molar refractivity (Wildman–Crippen MR) is 109 cm³/mol. The number of benzene rings is 2. The topological polar surface area (TPSA) is 175 Å². The van der Waals surface area contributed by atoms with Crippen molar-refractivity contribution in [1.29, 1.82) is 0 Å². The summed E-state index contributed by atoms with van der Waals surface area (Å²) >= 11 is 0. The van der Waals surface area contributed by atoms with Crippen LogP contribution >= 0.6 is 0 Å². The quantitative estimate of drug-likeness (QED) is 0.322. The Morgan fingerprint density at radius 3 is 2.45 bits per heavy atom. The van der Waals surface area contributed by atoms with Gasteiger partial charge in [-0.3, -0.25) is 0 Å². The van der Waals surface area contributed by atoms with E-state index in [0.717, 1.165) is 6.07 Å². The molecule has 0 aliphatic carbocycles. The second kappa shape index (κ2) is 9.04. The molecule has 2 aromatic carbocycles. The predicted octanol–water partition coefficient (Wildman–Crippen LogP) is -0.261. The van der Waals surface area contributed by atoms with Crippen molar-refractivity contribution >= 4 is 5.97 Å². The number of aromatic hydroxyl groups is 2. The molecule has 1 fully saturated rings. The van der Waals surface area contributed by atoms with Crippen LogP contribution < -0.4 is 9.47 Å². The molecule has 2 heterocycles. The van der Waals surface area contributed by atoms with E-state index in [1.165, 1.54) is 25.3 Å². The van der Waals surface area contributed by atoms with Gasteiger partial charge in [-0.05, 0) is 29.3 Å². The van der Waals surface area contributed by atoms with Gasteiger partial charge < -0.3 is 49.6 Å². The Morgan fingerprint density at radius 1 is 1.03 bits per heavy atom. The fraction of sp³-hybridized carbons (Fsp3) is 0.409. The van der Waals surface area contributed by atoms with Crippen molar-refractivity contribution in [2.24, 2.45) is 0 Å². The zero-order chi connectivity index (χ0) is 23.9. The van der Waals surface area contributed by atoms with Crippen molar-refractivity contribution in [3.63, 3.8) is 0 Å². The third-order valence-corrected chi connectivity index (χ3v) is 5.71. The molecule has 1 saturated heterocycles. The number of carbonyl (C=O) groups excluding carboxylic acids is 1. The van der Waals surface area contributed by atoms with Crippen LogP contribution in [0.1, 0.15) is 27.6 Å². The molecule has 11 nitrogen and oxygen atoms in total. The highest BCUT2D eigenvalue weighted by atomic mass is 16.7. The van der Waals surface area contributed by atoms with Crippen molar-refractivity contribution < 1.29 is 54.4 Å². The second-order valence-electron chi connectivity index (χ2n) is 7.82. The fourth-order valence-corrected chi connectivity index (χ4v) is 3.94. The third-order valence-electron chi connectivity index (χ3n) is 5.71. The zero-order valence-corrected chi connectivity index (χ0v) is 17.5. The molecule has 178 valence electrons. The highest BCUT2D eigenvalue weighted by molar-refractivity contribution is 5.95. The molecule has 0 unspecified atom stereocenters. The lowest BCUT2D eigenvalue weighted by atomic mass is 9.93. The first-order valence-electron chi connectivity index (χ1n) is 10.1. The average molecular weight is 464 g/mol. The Kier molecular flexibility index (Phi) is 6.32. The summed E-state index contributed by atoms with van der Waals surface area (Å²) < 4.78 is 21.3. The minimum absolute atomic E-state index is 0.0154. The number of hydrogen-bond donors (Lipinski definition) is 6. The Labute approximate surface area is 188 Å². The monoisotopic (exact) mass is 464 g/mol. The minimum atomic E-state index is -1.64. The molecule has 4 rings (SSSR count). The number of rotatable bonds is 5. The third kappa shape index (κ3) is 4.28. The van der Waals surface area contributed by atoms with Crippen molar-refractivity contribution in [2.45, 2.75) is 43.2 Å². The van der Waals surface area contributed by atoms with Gasteiger partial charge in [-0.1, -0.05) is 6.07 Å². The van der Waals surface area contributed by atoms with Crippen LogP contribution in [0.2, 0.25) is 0 Å². The van der Waals surface area contributed by atoms with Gasteiger partial charge in [0, 0.05) is 12.5 Å². The van der Waals surface area contributed by atoms with Crippen molar-refractivity contribution in [2.75, 3.05) is 13.7 Å². The largest absolute Gasteiger partial charge is 0.507 e. The van der Waals surface area contributed by atoms with Gasteiger partial charge in [-0.25, -0.2) is 4.79 Å². The van der Waals surface area contributed by atoms with E-state index in [1.54, 1.807) is 6.07 Å². The molecule has 11 heteroatoms. The van der Waals surface area contributed by atoms with Crippen LogP contribution in [0.25, 0.3) is 0 Å². The molecule has 0 radical (unpaired) electrons. The zero-order valence-electron chi connectivity index (χ0n) is 17.5. The first-order chi connectivity index (χ1) is 15.7. The highest BCUT2D eigenvalue weighted by Crippen LogP contribution is 2.39. The van der Waals surface area contributed by atoms with E-state index in [1.807, 2.05) is 0 Å². The number of carbonyl (C=O) groups is 1. The molecule has 2 aliphatic rings. The molecule has 2 aromatic rings. The van der Waals surface area contributed by atoms with E-state index in [9.17, 15) is 35.4 Å². The van der Waals surface area contributed by atoms with Gasteiger partial charge in [0.25, 0.3) is 0 Å². The van der Waals surface area contributed by atoms with E-state index in [4.69, 9.17) is 18.9 Å². The first-order valence-corrected chi connectivity index (χ1v) is 10.1. The lowest BCUT2D eigenvalue weighted by molar-refractivity contribution is -0.277. The number of methoxy groups -OCH3 is 1. The molecule has 2 aliphatic heterocycles. The van der Waals surface area contributed by atoms with Crippen molar-refractivity contribution in [3.8, 4) is 23.0 Å². The van der Waals surface area contributed by atoms with Crippen LogP contribution in [0.4, 0.5) is 0 Å². The highest BCUT2D eigenvalue weighted by Gasteiger charge is 2.45. The standard InChI is InChI=1S/C22H24O11/c1-30-14-3-2-9(5-12(14)24)15-6-10-4-11(7-13(25)17(10)21(29)32-15)31-22-20(28)19(27)18(26)16(8-23)33-22/h2-5,7,15-16,18-20,22-28H,6,8H2,1H3/t15-,16+,18+,19-,20+,22+/m0/s1. The van der Waals surface area contributed by atoms with Crippen molar-refractivity contribution in [3.05, 3.63) is 47.0 Å². The van der Waals surface area contributed by atoms with Gasteiger partial charge in [0.05, 0.1) is 13.7 Å². The summed E-state index contributed by atoms with van der Waals surface area (Å²) in [4.78, 5) is 12.5. The number of aliphatic hydroxyl groups is 4. The lowest BCUT2D eigenvalue weighted by Gasteiger charge is -2.39. The number of fused-ring (bicyclic) bond motifs is 1. The number of hydrogen-bond acceptors (Lipinski definition) is 11. The number of esters is 1. The summed E-state index contributed by atoms with van der Waals surface area (Å²) in [5, 5.41) is 59.8. The molecule has 0 aromatic heterocycles. The SMILES string of the molecule is COc1ccc([C@@H]2Cc3cc(O[C@@H]4O[C@H](CO)[C@@H](O)[C@H](O)[C@H]4O)cc(O)c3C(=O)O2)cc1O. The molecular formula is C22H24O11. The molecule has 33 heavy (non-hydrogen) atoms. The summed E-state index contributed by atoms with van der Waals surface area (Å²) in [7, 11) is 1.41. The molecular weight excluding hydrogens is 440 g/mol. The fourth-order valence-electron chi connectivity index (χ4n) is 3.94. The summed E-state index contributed by atoms with van der Waals surface area (Å²) in [6.45, 7) is -0.623.